The van der Waals surface area contributed by atoms with Gasteiger partial charge in [0, 0.05) is 17.0 Å². The highest BCUT2D eigenvalue weighted by molar-refractivity contribution is 7.10. The van der Waals surface area contributed by atoms with Gasteiger partial charge in [0.2, 0.25) is 0 Å². The van der Waals surface area contributed by atoms with Crippen LogP contribution in [0.15, 0.2) is 11.4 Å². The Kier molecular flexibility index (Phi) is 1.74. The topological polar surface area (TPSA) is 12.0 Å². The largest absolute Gasteiger partial charge is 0.307 e. The van der Waals surface area contributed by atoms with Crippen LogP contribution in [0.1, 0.15) is 36.1 Å². The van der Waals surface area contributed by atoms with Crippen LogP contribution >= 0.6 is 11.3 Å². The molecule has 1 aliphatic carbocycles. The number of nitrogens with one attached hydrogen (secondary N) is 1. The van der Waals surface area contributed by atoms with E-state index < -0.39 is 0 Å². The highest BCUT2D eigenvalue weighted by atomic mass is 32.1. The first kappa shape index (κ1) is 8.01. The number of fused-ring (bicyclic) bond motifs is 2. The van der Waals surface area contributed by atoms with Crippen LogP contribution in [-0.4, -0.2) is 6.54 Å². The highest BCUT2D eigenvalue weighted by Crippen LogP contribution is 2.43. The van der Waals surface area contributed by atoms with Crippen LogP contribution in [0.4, 0.5) is 0 Å². The molecule has 0 aromatic carbocycles. The van der Waals surface area contributed by atoms with E-state index in [0.29, 0.717) is 5.54 Å². The minimum absolute atomic E-state index is 0.396. The molecule has 1 fully saturated rings. The fourth-order valence-electron chi connectivity index (χ4n) is 2.90. The SMILES string of the molecule is c1cc2c(s1)CCNC21CCCC1. The van der Waals surface area contributed by atoms with Gasteiger partial charge in [0.15, 0.2) is 0 Å². The summed E-state index contributed by atoms with van der Waals surface area (Å²) in [5.74, 6) is 0. The molecule has 0 radical (unpaired) electrons. The normalized spacial score (nSPS) is 24.9. The number of hydrogen-bond donors (Lipinski definition) is 1. The molecular formula is C11H15NS. The Morgan fingerprint density at radius 2 is 2.15 bits per heavy atom. The van der Waals surface area contributed by atoms with E-state index in [-0.39, 0.29) is 0 Å². The first-order chi connectivity index (χ1) is 6.41. The summed E-state index contributed by atoms with van der Waals surface area (Å²) in [6.45, 7) is 1.19. The van der Waals surface area contributed by atoms with Crippen molar-refractivity contribution in [3.8, 4) is 0 Å². The average molecular weight is 193 g/mol. The molecule has 2 aliphatic rings. The van der Waals surface area contributed by atoms with Crippen molar-refractivity contribution in [1.82, 2.24) is 5.32 Å². The van der Waals surface area contributed by atoms with E-state index in [1.165, 1.54) is 38.6 Å². The van der Waals surface area contributed by atoms with Crippen molar-refractivity contribution in [3.63, 3.8) is 0 Å². The lowest BCUT2D eigenvalue weighted by molar-refractivity contribution is 0.327. The number of rotatable bonds is 0. The van der Waals surface area contributed by atoms with Crippen LogP contribution in [0.5, 0.6) is 0 Å². The van der Waals surface area contributed by atoms with Crippen LogP contribution in [-0.2, 0) is 12.0 Å². The molecule has 1 spiro atoms. The van der Waals surface area contributed by atoms with E-state index in [0.717, 1.165) is 0 Å². The minimum Gasteiger partial charge on any atom is -0.307 e. The summed E-state index contributed by atoms with van der Waals surface area (Å²) >= 11 is 1.95. The molecule has 2 heterocycles. The molecule has 1 aromatic rings. The van der Waals surface area contributed by atoms with Gasteiger partial charge in [0.1, 0.15) is 0 Å². The van der Waals surface area contributed by atoms with Crippen LogP contribution in [0.25, 0.3) is 0 Å². The second-order valence-corrected chi connectivity index (χ2v) is 5.22. The molecule has 0 unspecified atom stereocenters. The molecular weight excluding hydrogens is 178 g/mol. The molecule has 13 heavy (non-hydrogen) atoms. The second-order valence-electron chi connectivity index (χ2n) is 4.22. The molecule has 0 amide bonds. The van der Waals surface area contributed by atoms with Crippen molar-refractivity contribution < 1.29 is 0 Å². The van der Waals surface area contributed by atoms with Gasteiger partial charge in [-0.3, -0.25) is 0 Å². The lowest BCUT2D eigenvalue weighted by Crippen LogP contribution is -2.44. The first-order valence-electron chi connectivity index (χ1n) is 5.23. The first-order valence-corrected chi connectivity index (χ1v) is 6.11. The van der Waals surface area contributed by atoms with E-state index in [9.17, 15) is 0 Å². The third-order valence-corrected chi connectivity index (χ3v) is 4.51. The average Bonchev–Trinajstić information content (AvgIpc) is 2.74. The molecule has 1 saturated carbocycles. The summed E-state index contributed by atoms with van der Waals surface area (Å²) in [5, 5.41) is 6.01. The molecule has 0 saturated heterocycles. The van der Waals surface area contributed by atoms with Crippen LogP contribution in [0.2, 0.25) is 0 Å². The maximum absolute atomic E-state index is 3.74. The third kappa shape index (κ3) is 1.09. The molecule has 0 bridgehead atoms. The Balaban J connectivity index is 2.08. The van der Waals surface area contributed by atoms with E-state index in [1.54, 1.807) is 10.4 Å². The Labute approximate surface area is 83.2 Å². The predicted molar refractivity (Wildman–Crippen MR) is 56.2 cm³/mol. The van der Waals surface area contributed by atoms with Crippen LogP contribution in [0, 0.1) is 0 Å². The Bertz CT molecular complexity index is 310. The fraction of sp³-hybridized carbons (Fsp3) is 0.636. The zero-order valence-electron chi connectivity index (χ0n) is 7.81. The summed E-state index contributed by atoms with van der Waals surface area (Å²) in [6.07, 6.45) is 6.77. The van der Waals surface area contributed by atoms with Gasteiger partial charge in [0.25, 0.3) is 0 Å². The van der Waals surface area contributed by atoms with Gasteiger partial charge in [-0.1, -0.05) is 12.8 Å². The van der Waals surface area contributed by atoms with E-state index in [2.05, 4.69) is 16.8 Å². The van der Waals surface area contributed by atoms with E-state index in [1.807, 2.05) is 11.3 Å². The van der Waals surface area contributed by atoms with Crippen molar-refractivity contribution in [2.24, 2.45) is 0 Å². The highest BCUT2D eigenvalue weighted by Gasteiger charge is 2.38. The summed E-state index contributed by atoms with van der Waals surface area (Å²) in [5.41, 5.74) is 2.02. The van der Waals surface area contributed by atoms with Crippen molar-refractivity contribution in [3.05, 3.63) is 21.9 Å². The molecule has 1 N–H and O–H groups in total. The van der Waals surface area contributed by atoms with Crippen LogP contribution in [0.3, 0.4) is 0 Å². The molecule has 70 valence electrons. The van der Waals surface area contributed by atoms with Gasteiger partial charge in [-0.15, -0.1) is 11.3 Å². The Morgan fingerprint density at radius 3 is 3.00 bits per heavy atom. The van der Waals surface area contributed by atoms with Gasteiger partial charge in [-0.25, -0.2) is 0 Å². The van der Waals surface area contributed by atoms with Crippen molar-refractivity contribution in [2.45, 2.75) is 37.6 Å². The zero-order valence-corrected chi connectivity index (χ0v) is 8.62. The van der Waals surface area contributed by atoms with Gasteiger partial charge in [-0.2, -0.15) is 0 Å². The van der Waals surface area contributed by atoms with Crippen LogP contribution < -0.4 is 5.32 Å². The van der Waals surface area contributed by atoms with E-state index in [4.69, 9.17) is 0 Å². The maximum Gasteiger partial charge on any atom is 0.0445 e. The van der Waals surface area contributed by atoms with Crippen molar-refractivity contribution >= 4 is 11.3 Å². The van der Waals surface area contributed by atoms with Gasteiger partial charge >= 0.3 is 0 Å². The van der Waals surface area contributed by atoms with Crippen molar-refractivity contribution in [2.75, 3.05) is 6.54 Å². The number of thiophene rings is 1. The molecule has 2 heteroatoms. The standard InChI is InChI=1S/C11H15NS/c1-2-6-11(5-1)9-4-8-13-10(9)3-7-12-11/h4,8,12H,1-3,5-7H2. The summed E-state index contributed by atoms with van der Waals surface area (Å²) in [4.78, 5) is 1.64. The Morgan fingerprint density at radius 1 is 1.31 bits per heavy atom. The van der Waals surface area contributed by atoms with Crippen molar-refractivity contribution in [1.29, 1.82) is 0 Å². The number of hydrogen-bond acceptors (Lipinski definition) is 2. The quantitative estimate of drug-likeness (QED) is 0.668. The molecule has 0 atom stereocenters. The second kappa shape index (κ2) is 2.82. The van der Waals surface area contributed by atoms with Gasteiger partial charge in [0.05, 0.1) is 0 Å². The maximum atomic E-state index is 3.74. The monoisotopic (exact) mass is 193 g/mol. The summed E-state index contributed by atoms with van der Waals surface area (Å²) < 4.78 is 0. The van der Waals surface area contributed by atoms with E-state index >= 15 is 0 Å². The molecule has 1 aromatic heterocycles. The molecule has 1 nitrogen and oxygen atoms in total. The van der Waals surface area contributed by atoms with Gasteiger partial charge in [-0.05, 0) is 36.3 Å². The lowest BCUT2D eigenvalue weighted by Gasteiger charge is -2.35. The minimum atomic E-state index is 0.396. The summed E-state index contributed by atoms with van der Waals surface area (Å²) in [7, 11) is 0. The third-order valence-electron chi connectivity index (χ3n) is 3.53. The molecule has 1 aliphatic heterocycles. The summed E-state index contributed by atoms with van der Waals surface area (Å²) in [6, 6.07) is 2.34. The zero-order chi connectivity index (χ0) is 8.73. The lowest BCUT2D eigenvalue weighted by atomic mass is 9.85. The predicted octanol–water partition coefficient (Wildman–Crippen LogP) is 2.66. The van der Waals surface area contributed by atoms with Gasteiger partial charge < -0.3 is 5.32 Å². The fourth-order valence-corrected chi connectivity index (χ4v) is 3.87. The molecule has 3 rings (SSSR count). The smallest absolute Gasteiger partial charge is 0.0445 e. The Hall–Kier alpha value is -0.340.